The third kappa shape index (κ3) is 2.87. The smallest absolute Gasteiger partial charge is 0.254 e. The van der Waals surface area contributed by atoms with E-state index in [9.17, 15) is 4.79 Å². The summed E-state index contributed by atoms with van der Waals surface area (Å²) in [4.78, 5) is 11.3. The molecule has 0 saturated heterocycles. The van der Waals surface area contributed by atoms with Crippen molar-refractivity contribution in [2.45, 2.75) is 6.92 Å². The molecule has 0 radical (unpaired) electrons. The Hall–Kier alpha value is -1.36. The van der Waals surface area contributed by atoms with Gasteiger partial charge >= 0.3 is 0 Å². The molecule has 0 aliphatic carbocycles. The van der Waals surface area contributed by atoms with E-state index in [1.807, 2.05) is 6.92 Å². The van der Waals surface area contributed by atoms with Crippen LogP contribution in [0.25, 0.3) is 0 Å². The lowest BCUT2D eigenvalue weighted by atomic mass is 10.2. The normalized spacial score (nSPS) is 12.5. The molecule has 13 heavy (non-hydrogen) atoms. The summed E-state index contributed by atoms with van der Waals surface area (Å²) in [6, 6.07) is 0. The predicted molar refractivity (Wildman–Crippen MR) is 49.1 cm³/mol. The quantitative estimate of drug-likeness (QED) is 0.599. The molecule has 1 atom stereocenters. The fourth-order valence-corrected chi connectivity index (χ4v) is 0.827. The van der Waals surface area contributed by atoms with Gasteiger partial charge in [-0.05, 0) is 12.5 Å². The fraction of sp³-hybridized carbons (Fsp3) is 0.500. The monoisotopic (exact) mass is 182 g/mol. The SMILES string of the molecule is CC(CN)CNC(=O)c1cn[nH]c1. The molecule has 0 aromatic carbocycles. The maximum atomic E-state index is 11.3. The zero-order chi connectivity index (χ0) is 9.68. The molecule has 5 nitrogen and oxygen atoms in total. The van der Waals surface area contributed by atoms with E-state index in [2.05, 4.69) is 15.5 Å². The Labute approximate surface area is 76.7 Å². The number of carbonyl (C=O) groups is 1. The summed E-state index contributed by atoms with van der Waals surface area (Å²) in [5.74, 6) is 0.185. The van der Waals surface area contributed by atoms with Crippen molar-refractivity contribution in [1.29, 1.82) is 0 Å². The highest BCUT2D eigenvalue weighted by Crippen LogP contribution is 1.94. The molecule has 0 saturated carbocycles. The van der Waals surface area contributed by atoms with Crippen LogP contribution in [0.15, 0.2) is 12.4 Å². The Morgan fingerprint density at radius 2 is 2.62 bits per heavy atom. The van der Waals surface area contributed by atoms with Crippen LogP contribution in [0.5, 0.6) is 0 Å². The number of H-pyrrole nitrogens is 1. The van der Waals surface area contributed by atoms with Crippen LogP contribution < -0.4 is 11.1 Å². The first-order valence-electron chi connectivity index (χ1n) is 4.21. The number of amides is 1. The molecule has 1 unspecified atom stereocenters. The highest BCUT2D eigenvalue weighted by atomic mass is 16.1. The molecule has 0 aliphatic heterocycles. The van der Waals surface area contributed by atoms with E-state index in [1.54, 1.807) is 6.20 Å². The lowest BCUT2D eigenvalue weighted by molar-refractivity contribution is 0.0948. The van der Waals surface area contributed by atoms with Gasteiger partial charge in [0.05, 0.1) is 11.8 Å². The number of carbonyl (C=O) groups excluding carboxylic acids is 1. The van der Waals surface area contributed by atoms with Crippen LogP contribution in [-0.4, -0.2) is 29.2 Å². The first-order valence-corrected chi connectivity index (χ1v) is 4.21. The number of nitrogens with zero attached hydrogens (tertiary/aromatic N) is 1. The van der Waals surface area contributed by atoms with E-state index in [0.717, 1.165) is 0 Å². The highest BCUT2D eigenvalue weighted by Gasteiger charge is 2.06. The molecule has 5 heteroatoms. The average molecular weight is 182 g/mol. The van der Waals surface area contributed by atoms with E-state index >= 15 is 0 Å². The van der Waals surface area contributed by atoms with E-state index in [1.165, 1.54) is 6.20 Å². The summed E-state index contributed by atoms with van der Waals surface area (Å²) in [5.41, 5.74) is 5.95. The molecule has 0 bridgehead atoms. The van der Waals surface area contributed by atoms with Gasteiger partial charge in [-0.3, -0.25) is 9.89 Å². The summed E-state index contributed by atoms with van der Waals surface area (Å²) in [6.45, 7) is 3.15. The Balaban J connectivity index is 2.35. The molecule has 1 aromatic heterocycles. The molecule has 0 spiro atoms. The molecule has 1 heterocycles. The van der Waals surface area contributed by atoms with Crippen LogP contribution in [0.4, 0.5) is 0 Å². The summed E-state index contributed by atoms with van der Waals surface area (Å²) in [7, 11) is 0. The number of aromatic nitrogens is 2. The average Bonchev–Trinajstić information content (AvgIpc) is 2.66. The van der Waals surface area contributed by atoms with E-state index in [0.29, 0.717) is 24.6 Å². The summed E-state index contributed by atoms with van der Waals surface area (Å²) < 4.78 is 0. The second kappa shape index (κ2) is 4.61. The standard InChI is InChI=1S/C8H14N4O/c1-6(2-9)3-10-8(13)7-4-11-12-5-7/h4-6H,2-3,9H2,1H3,(H,10,13)(H,11,12). The number of aromatic amines is 1. The topological polar surface area (TPSA) is 83.8 Å². The summed E-state index contributed by atoms with van der Waals surface area (Å²) >= 11 is 0. The lowest BCUT2D eigenvalue weighted by Crippen LogP contribution is -2.31. The minimum atomic E-state index is -0.117. The van der Waals surface area contributed by atoms with Gasteiger partial charge in [-0.1, -0.05) is 6.92 Å². The van der Waals surface area contributed by atoms with Gasteiger partial charge in [0.2, 0.25) is 0 Å². The van der Waals surface area contributed by atoms with E-state index in [-0.39, 0.29) is 5.91 Å². The van der Waals surface area contributed by atoms with Gasteiger partial charge in [-0.15, -0.1) is 0 Å². The summed E-state index contributed by atoms with van der Waals surface area (Å²) in [6.07, 6.45) is 3.05. The van der Waals surface area contributed by atoms with Gasteiger partial charge in [0.1, 0.15) is 0 Å². The van der Waals surface area contributed by atoms with Crippen LogP contribution in [0.3, 0.4) is 0 Å². The third-order valence-electron chi connectivity index (χ3n) is 1.77. The molecule has 72 valence electrons. The van der Waals surface area contributed by atoms with Crippen molar-refractivity contribution in [3.63, 3.8) is 0 Å². The minimum absolute atomic E-state index is 0.117. The van der Waals surface area contributed by atoms with Gasteiger partial charge in [-0.25, -0.2) is 0 Å². The minimum Gasteiger partial charge on any atom is -0.352 e. The maximum Gasteiger partial charge on any atom is 0.254 e. The molecular weight excluding hydrogens is 168 g/mol. The van der Waals surface area contributed by atoms with Crippen LogP contribution in [0.1, 0.15) is 17.3 Å². The number of hydrogen-bond acceptors (Lipinski definition) is 3. The molecule has 1 rings (SSSR count). The third-order valence-corrected chi connectivity index (χ3v) is 1.77. The first kappa shape index (κ1) is 9.73. The van der Waals surface area contributed by atoms with Crippen LogP contribution in [0.2, 0.25) is 0 Å². The molecule has 0 fully saturated rings. The second-order valence-electron chi connectivity index (χ2n) is 3.04. The molecular formula is C8H14N4O. The van der Waals surface area contributed by atoms with Crippen molar-refractivity contribution in [2.75, 3.05) is 13.1 Å². The number of nitrogens with one attached hydrogen (secondary N) is 2. The van der Waals surface area contributed by atoms with Gasteiger partial charge < -0.3 is 11.1 Å². The van der Waals surface area contributed by atoms with Crippen LogP contribution in [-0.2, 0) is 0 Å². The zero-order valence-corrected chi connectivity index (χ0v) is 7.58. The predicted octanol–water partition coefficient (Wildman–Crippen LogP) is -0.266. The van der Waals surface area contributed by atoms with Crippen molar-refractivity contribution >= 4 is 5.91 Å². The largest absolute Gasteiger partial charge is 0.352 e. The van der Waals surface area contributed by atoms with Crippen molar-refractivity contribution in [3.8, 4) is 0 Å². The Bertz CT molecular complexity index is 257. The van der Waals surface area contributed by atoms with Gasteiger partial charge in [0.25, 0.3) is 5.91 Å². The molecule has 0 aliphatic rings. The van der Waals surface area contributed by atoms with Gasteiger partial charge in [0.15, 0.2) is 0 Å². The number of nitrogens with two attached hydrogens (primary N) is 1. The Morgan fingerprint density at radius 1 is 1.85 bits per heavy atom. The zero-order valence-electron chi connectivity index (χ0n) is 7.58. The van der Waals surface area contributed by atoms with E-state index in [4.69, 9.17) is 5.73 Å². The molecule has 1 aromatic rings. The van der Waals surface area contributed by atoms with Crippen molar-refractivity contribution in [2.24, 2.45) is 11.7 Å². The van der Waals surface area contributed by atoms with Gasteiger partial charge in [0, 0.05) is 12.7 Å². The Kier molecular flexibility index (Phi) is 3.45. The highest BCUT2D eigenvalue weighted by molar-refractivity contribution is 5.93. The second-order valence-corrected chi connectivity index (χ2v) is 3.04. The molecule has 1 amide bonds. The summed E-state index contributed by atoms with van der Waals surface area (Å²) in [5, 5.41) is 9.01. The maximum absolute atomic E-state index is 11.3. The number of hydrogen-bond donors (Lipinski definition) is 3. The Morgan fingerprint density at radius 3 is 3.15 bits per heavy atom. The molecule has 4 N–H and O–H groups in total. The van der Waals surface area contributed by atoms with Crippen molar-refractivity contribution in [3.05, 3.63) is 18.0 Å². The fourth-order valence-electron chi connectivity index (χ4n) is 0.827. The van der Waals surface area contributed by atoms with E-state index < -0.39 is 0 Å². The first-order chi connectivity index (χ1) is 6.24. The van der Waals surface area contributed by atoms with Crippen molar-refractivity contribution < 1.29 is 4.79 Å². The number of rotatable bonds is 4. The van der Waals surface area contributed by atoms with Gasteiger partial charge in [-0.2, -0.15) is 5.10 Å². The van der Waals surface area contributed by atoms with Crippen molar-refractivity contribution in [1.82, 2.24) is 15.5 Å². The van der Waals surface area contributed by atoms with Crippen LogP contribution >= 0.6 is 0 Å². The van der Waals surface area contributed by atoms with Crippen LogP contribution in [0, 0.1) is 5.92 Å². The lowest BCUT2D eigenvalue weighted by Gasteiger charge is -2.08.